The van der Waals surface area contributed by atoms with Gasteiger partial charge in [0.15, 0.2) is 0 Å². The molecule has 1 saturated heterocycles. The third kappa shape index (κ3) is 2.87. The number of aromatic nitrogens is 1. The van der Waals surface area contributed by atoms with Crippen LogP contribution in [-0.2, 0) is 13.0 Å². The molecule has 0 aliphatic carbocycles. The van der Waals surface area contributed by atoms with E-state index in [1.54, 1.807) is 6.07 Å². The zero-order chi connectivity index (χ0) is 15.5. The van der Waals surface area contributed by atoms with E-state index in [1.165, 1.54) is 0 Å². The summed E-state index contributed by atoms with van der Waals surface area (Å²) < 4.78 is 2.15. The minimum absolute atomic E-state index is 0.417. The Labute approximate surface area is 130 Å². The highest BCUT2D eigenvalue weighted by Crippen LogP contribution is 2.26. The van der Waals surface area contributed by atoms with Gasteiger partial charge in [-0.25, -0.2) is 4.79 Å². The van der Waals surface area contributed by atoms with Crippen molar-refractivity contribution >= 4 is 16.9 Å². The summed E-state index contributed by atoms with van der Waals surface area (Å²) in [4.78, 5) is 14.0. The number of piperazine rings is 1. The molecule has 0 atom stereocenters. The van der Waals surface area contributed by atoms with Crippen LogP contribution >= 0.6 is 0 Å². The molecular formula is C17H23N3O2. The van der Waals surface area contributed by atoms with E-state index in [1.807, 2.05) is 12.1 Å². The van der Waals surface area contributed by atoms with Gasteiger partial charge in [-0.1, -0.05) is 6.07 Å². The molecule has 2 N–H and O–H groups in total. The van der Waals surface area contributed by atoms with Crippen molar-refractivity contribution in [2.75, 3.05) is 32.7 Å². The molecule has 0 amide bonds. The molecule has 22 heavy (non-hydrogen) atoms. The van der Waals surface area contributed by atoms with Crippen molar-refractivity contribution in [2.45, 2.75) is 19.9 Å². The molecule has 5 heteroatoms. The number of benzene rings is 1. The monoisotopic (exact) mass is 301 g/mol. The number of nitrogens with one attached hydrogen (secondary N) is 1. The quantitative estimate of drug-likeness (QED) is 0.884. The van der Waals surface area contributed by atoms with Gasteiger partial charge in [-0.05, 0) is 31.0 Å². The van der Waals surface area contributed by atoms with Crippen LogP contribution < -0.4 is 5.32 Å². The van der Waals surface area contributed by atoms with E-state index in [-0.39, 0.29) is 0 Å². The summed E-state index contributed by atoms with van der Waals surface area (Å²) in [6, 6.07) is 5.55. The molecule has 0 bridgehead atoms. The van der Waals surface area contributed by atoms with Crippen LogP contribution in [0.1, 0.15) is 22.8 Å². The van der Waals surface area contributed by atoms with Crippen LogP contribution in [0.4, 0.5) is 0 Å². The average molecular weight is 301 g/mol. The number of carboxylic acids is 1. The zero-order valence-electron chi connectivity index (χ0n) is 13.0. The maximum Gasteiger partial charge on any atom is 0.336 e. The Morgan fingerprint density at radius 1 is 1.32 bits per heavy atom. The highest BCUT2D eigenvalue weighted by atomic mass is 16.4. The molecule has 2 aromatic rings. The van der Waals surface area contributed by atoms with E-state index in [9.17, 15) is 9.90 Å². The van der Waals surface area contributed by atoms with Gasteiger partial charge in [0.2, 0.25) is 0 Å². The van der Waals surface area contributed by atoms with Gasteiger partial charge >= 0.3 is 5.97 Å². The maximum absolute atomic E-state index is 11.5. The topological polar surface area (TPSA) is 57.5 Å². The molecule has 0 unspecified atom stereocenters. The first-order valence-corrected chi connectivity index (χ1v) is 7.97. The molecule has 1 aromatic heterocycles. The summed E-state index contributed by atoms with van der Waals surface area (Å²) in [5.74, 6) is -0.845. The van der Waals surface area contributed by atoms with E-state index in [4.69, 9.17) is 0 Å². The number of aryl methyl sites for hydroxylation is 1. The van der Waals surface area contributed by atoms with Crippen LogP contribution in [0.3, 0.4) is 0 Å². The summed E-state index contributed by atoms with van der Waals surface area (Å²) in [6.07, 6.45) is 3.02. The maximum atomic E-state index is 11.5. The molecule has 1 aliphatic heterocycles. The SMILES string of the molecule is CCn1cc(CCN2CCNCC2)c2c(C(=O)O)cccc21. The van der Waals surface area contributed by atoms with Gasteiger partial charge in [-0.15, -0.1) is 0 Å². The number of nitrogens with zero attached hydrogens (tertiary/aromatic N) is 2. The van der Waals surface area contributed by atoms with Gasteiger partial charge in [-0.2, -0.15) is 0 Å². The standard InChI is InChI=1S/C17H23N3O2/c1-2-20-12-13(6-9-19-10-7-18-8-11-19)16-14(17(21)22)4-3-5-15(16)20/h3-5,12,18H,2,6-11H2,1H3,(H,21,22). The van der Waals surface area contributed by atoms with Crippen LogP contribution in [0.15, 0.2) is 24.4 Å². The lowest BCUT2D eigenvalue weighted by atomic mass is 10.0. The number of rotatable bonds is 5. The molecule has 0 saturated carbocycles. The van der Waals surface area contributed by atoms with Gasteiger partial charge in [-0.3, -0.25) is 0 Å². The smallest absolute Gasteiger partial charge is 0.336 e. The first-order chi connectivity index (χ1) is 10.7. The Morgan fingerprint density at radius 2 is 2.09 bits per heavy atom. The molecule has 1 aliphatic rings. The molecular weight excluding hydrogens is 278 g/mol. The van der Waals surface area contributed by atoms with Gasteiger partial charge in [0, 0.05) is 56.4 Å². The lowest BCUT2D eigenvalue weighted by molar-refractivity contribution is 0.0699. The van der Waals surface area contributed by atoms with Crippen molar-refractivity contribution in [3.05, 3.63) is 35.5 Å². The fraction of sp³-hybridized carbons (Fsp3) is 0.471. The Balaban J connectivity index is 1.92. The van der Waals surface area contributed by atoms with Crippen LogP contribution in [0.2, 0.25) is 0 Å². The minimum atomic E-state index is -0.845. The van der Waals surface area contributed by atoms with Crippen molar-refractivity contribution < 1.29 is 9.90 Å². The predicted molar refractivity (Wildman–Crippen MR) is 87.6 cm³/mol. The Morgan fingerprint density at radius 3 is 2.77 bits per heavy atom. The van der Waals surface area contributed by atoms with Crippen LogP contribution in [-0.4, -0.2) is 53.3 Å². The molecule has 3 rings (SSSR count). The lowest BCUT2D eigenvalue weighted by Crippen LogP contribution is -2.44. The number of hydrogen-bond donors (Lipinski definition) is 2. The summed E-state index contributed by atoms with van der Waals surface area (Å²) in [6.45, 7) is 8.14. The van der Waals surface area contributed by atoms with Gasteiger partial charge in [0.05, 0.1) is 5.56 Å². The van der Waals surface area contributed by atoms with E-state index < -0.39 is 5.97 Å². The number of carbonyl (C=O) groups is 1. The second-order valence-corrected chi connectivity index (χ2v) is 5.79. The highest BCUT2D eigenvalue weighted by Gasteiger charge is 2.17. The Bertz CT molecular complexity index is 672. The molecule has 0 spiro atoms. The first-order valence-electron chi connectivity index (χ1n) is 7.97. The second kappa shape index (κ2) is 6.50. The third-order valence-electron chi connectivity index (χ3n) is 4.46. The second-order valence-electron chi connectivity index (χ2n) is 5.79. The van der Waals surface area contributed by atoms with E-state index in [0.29, 0.717) is 5.56 Å². The van der Waals surface area contributed by atoms with E-state index in [2.05, 4.69) is 27.9 Å². The molecule has 118 valence electrons. The van der Waals surface area contributed by atoms with E-state index in [0.717, 1.165) is 62.2 Å². The Hall–Kier alpha value is -1.85. The summed E-state index contributed by atoms with van der Waals surface area (Å²) in [7, 11) is 0. The van der Waals surface area contributed by atoms with Crippen molar-refractivity contribution in [3.8, 4) is 0 Å². The highest BCUT2D eigenvalue weighted by molar-refractivity contribution is 6.04. The van der Waals surface area contributed by atoms with Crippen LogP contribution in [0, 0.1) is 0 Å². The molecule has 0 radical (unpaired) electrons. The van der Waals surface area contributed by atoms with Crippen molar-refractivity contribution in [1.82, 2.24) is 14.8 Å². The molecule has 1 aromatic carbocycles. The number of hydrogen-bond acceptors (Lipinski definition) is 3. The largest absolute Gasteiger partial charge is 0.478 e. The molecule has 1 fully saturated rings. The van der Waals surface area contributed by atoms with Crippen molar-refractivity contribution in [2.24, 2.45) is 0 Å². The summed E-state index contributed by atoms with van der Waals surface area (Å²) in [5, 5.41) is 13.7. The van der Waals surface area contributed by atoms with Crippen LogP contribution in [0.25, 0.3) is 10.9 Å². The predicted octanol–water partition coefficient (Wildman–Crippen LogP) is 1.81. The third-order valence-corrected chi connectivity index (χ3v) is 4.46. The Kier molecular flexibility index (Phi) is 4.45. The van der Waals surface area contributed by atoms with Crippen molar-refractivity contribution in [3.63, 3.8) is 0 Å². The number of fused-ring (bicyclic) bond motifs is 1. The van der Waals surface area contributed by atoms with Gasteiger partial charge < -0.3 is 19.9 Å². The van der Waals surface area contributed by atoms with Crippen LogP contribution in [0.5, 0.6) is 0 Å². The zero-order valence-corrected chi connectivity index (χ0v) is 13.0. The summed E-state index contributed by atoms with van der Waals surface area (Å²) >= 11 is 0. The summed E-state index contributed by atoms with van der Waals surface area (Å²) in [5.41, 5.74) is 2.59. The normalized spacial score (nSPS) is 16.2. The van der Waals surface area contributed by atoms with Crippen molar-refractivity contribution in [1.29, 1.82) is 0 Å². The molecule has 5 nitrogen and oxygen atoms in total. The van der Waals surface area contributed by atoms with E-state index >= 15 is 0 Å². The van der Waals surface area contributed by atoms with Gasteiger partial charge in [0.25, 0.3) is 0 Å². The fourth-order valence-corrected chi connectivity index (χ4v) is 3.28. The minimum Gasteiger partial charge on any atom is -0.478 e. The lowest BCUT2D eigenvalue weighted by Gasteiger charge is -2.27. The fourth-order valence-electron chi connectivity index (χ4n) is 3.28. The number of carboxylic acid groups (broad SMARTS) is 1. The number of aromatic carboxylic acids is 1. The molecule has 2 heterocycles. The average Bonchev–Trinajstić information content (AvgIpc) is 2.92. The van der Waals surface area contributed by atoms with Gasteiger partial charge in [0.1, 0.15) is 0 Å². The first kappa shape index (κ1) is 15.1.